The molecular weight excluding hydrogens is 300 g/mol. The van der Waals surface area contributed by atoms with Gasteiger partial charge in [-0.25, -0.2) is 9.78 Å². The molecule has 2 aromatic rings. The number of nitrogens with one attached hydrogen (secondary N) is 1. The number of amides is 1. The smallest absolute Gasteiger partial charge is 0.335 e. The molecule has 0 fully saturated rings. The zero-order chi connectivity index (χ0) is 16.1. The van der Waals surface area contributed by atoms with Gasteiger partial charge in [-0.1, -0.05) is 26.0 Å². The second-order valence-corrected chi connectivity index (χ2v) is 6.29. The molecule has 2 N–H and O–H groups in total. The van der Waals surface area contributed by atoms with Crippen LogP contribution in [-0.4, -0.2) is 28.5 Å². The molecule has 1 aromatic heterocycles. The zero-order valence-corrected chi connectivity index (χ0v) is 13.3. The summed E-state index contributed by atoms with van der Waals surface area (Å²) in [5.74, 6) is -0.739. The SMILES string of the molecule is CC(C)c1ncc(C(=O)NCCc2ccc(C(=O)O)cc2)s1. The molecule has 22 heavy (non-hydrogen) atoms. The van der Waals surface area contributed by atoms with E-state index in [0.717, 1.165) is 10.6 Å². The molecule has 0 bridgehead atoms. The first kappa shape index (κ1) is 16.2. The molecule has 0 aliphatic rings. The van der Waals surface area contributed by atoms with E-state index in [1.54, 1.807) is 30.5 Å². The summed E-state index contributed by atoms with van der Waals surface area (Å²) >= 11 is 1.41. The van der Waals surface area contributed by atoms with Crippen molar-refractivity contribution in [1.82, 2.24) is 10.3 Å². The van der Waals surface area contributed by atoms with Crippen LogP contribution in [0, 0.1) is 0 Å². The summed E-state index contributed by atoms with van der Waals surface area (Å²) in [6.07, 6.45) is 2.26. The highest BCUT2D eigenvalue weighted by atomic mass is 32.1. The van der Waals surface area contributed by atoms with Crippen molar-refractivity contribution in [2.75, 3.05) is 6.54 Å². The lowest BCUT2D eigenvalue weighted by atomic mass is 10.1. The highest BCUT2D eigenvalue weighted by Gasteiger charge is 2.12. The lowest BCUT2D eigenvalue weighted by Gasteiger charge is -2.04. The predicted octanol–water partition coefficient (Wildman–Crippen LogP) is 2.94. The topological polar surface area (TPSA) is 79.3 Å². The Morgan fingerprint density at radius 2 is 1.95 bits per heavy atom. The Kier molecular flexibility index (Phi) is 5.27. The summed E-state index contributed by atoms with van der Waals surface area (Å²) in [5.41, 5.74) is 1.25. The molecule has 0 radical (unpaired) electrons. The normalized spacial score (nSPS) is 10.7. The number of benzene rings is 1. The number of aromatic carboxylic acids is 1. The minimum atomic E-state index is -0.939. The summed E-state index contributed by atoms with van der Waals surface area (Å²) in [4.78, 5) is 27.6. The summed E-state index contributed by atoms with van der Waals surface area (Å²) in [6.45, 7) is 4.59. The van der Waals surface area contributed by atoms with Gasteiger partial charge in [0.15, 0.2) is 0 Å². The predicted molar refractivity (Wildman–Crippen MR) is 85.6 cm³/mol. The van der Waals surface area contributed by atoms with Crippen molar-refractivity contribution in [3.05, 3.63) is 51.5 Å². The van der Waals surface area contributed by atoms with Crippen molar-refractivity contribution in [2.24, 2.45) is 0 Å². The van der Waals surface area contributed by atoms with Crippen LogP contribution < -0.4 is 5.32 Å². The van der Waals surface area contributed by atoms with Gasteiger partial charge in [0.1, 0.15) is 4.88 Å². The van der Waals surface area contributed by atoms with E-state index in [-0.39, 0.29) is 11.5 Å². The van der Waals surface area contributed by atoms with Gasteiger partial charge in [0.25, 0.3) is 5.91 Å². The second-order valence-electron chi connectivity index (χ2n) is 5.23. The van der Waals surface area contributed by atoms with Crippen LogP contribution in [0.25, 0.3) is 0 Å². The third-order valence-corrected chi connectivity index (χ3v) is 4.44. The minimum absolute atomic E-state index is 0.119. The Hall–Kier alpha value is -2.21. The monoisotopic (exact) mass is 318 g/mol. The highest BCUT2D eigenvalue weighted by molar-refractivity contribution is 7.13. The number of carbonyl (C=O) groups excluding carboxylic acids is 1. The fraction of sp³-hybridized carbons (Fsp3) is 0.312. The first-order valence-electron chi connectivity index (χ1n) is 7.03. The minimum Gasteiger partial charge on any atom is -0.478 e. The Balaban J connectivity index is 1.84. The van der Waals surface area contributed by atoms with Gasteiger partial charge in [-0.05, 0) is 24.1 Å². The Morgan fingerprint density at radius 3 is 2.50 bits per heavy atom. The first-order valence-corrected chi connectivity index (χ1v) is 7.85. The second kappa shape index (κ2) is 7.17. The van der Waals surface area contributed by atoms with Gasteiger partial charge in [-0.2, -0.15) is 0 Å². The van der Waals surface area contributed by atoms with E-state index in [1.807, 2.05) is 13.8 Å². The molecule has 116 valence electrons. The van der Waals surface area contributed by atoms with Gasteiger partial charge in [-0.15, -0.1) is 11.3 Å². The lowest BCUT2D eigenvalue weighted by Crippen LogP contribution is -2.24. The van der Waals surface area contributed by atoms with E-state index in [4.69, 9.17) is 5.11 Å². The molecule has 0 atom stereocenters. The number of aromatic nitrogens is 1. The fourth-order valence-electron chi connectivity index (χ4n) is 1.88. The van der Waals surface area contributed by atoms with Gasteiger partial charge in [0.2, 0.25) is 0 Å². The van der Waals surface area contributed by atoms with E-state index in [1.165, 1.54) is 11.3 Å². The van der Waals surface area contributed by atoms with Gasteiger partial charge >= 0.3 is 5.97 Å². The molecular formula is C16H18N2O3S. The Labute approximate surface area is 133 Å². The molecule has 6 heteroatoms. The molecule has 0 unspecified atom stereocenters. The van der Waals surface area contributed by atoms with Crippen molar-refractivity contribution in [2.45, 2.75) is 26.2 Å². The highest BCUT2D eigenvalue weighted by Crippen LogP contribution is 2.20. The van der Waals surface area contributed by atoms with Gasteiger partial charge in [-0.3, -0.25) is 4.79 Å². The van der Waals surface area contributed by atoms with E-state index < -0.39 is 5.97 Å². The molecule has 0 spiro atoms. The summed E-state index contributed by atoms with van der Waals surface area (Å²) < 4.78 is 0. The van der Waals surface area contributed by atoms with Crippen molar-refractivity contribution in [3.8, 4) is 0 Å². The molecule has 1 amide bonds. The number of nitrogens with zero attached hydrogens (tertiary/aromatic N) is 1. The zero-order valence-electron chi connectivity index (χ0n) is 12.5. The molecule has 2 rings (SSSR count). The third kappa shape index (κ3) is 4.14. The Morgan fingerprint density at radius 1 is 1.27 bits per heavy atom. The van der Waals surface area contributed by atoms with Crippen molar-refractivity contribution in [1.29, 1.82) is 0 Å². The van der Waals surface area contributed by atoms with Crippen LogP contribution in [-0.2, 0) is 6.42 Å². The lowest BCUT2D eigenvalue weighted by molar-refractivity contribution is 0.0696. The molecule has 0 aliphatic carbocycles. The number of carboxylic acids is 1. The number of carbonyl (C=O) groups is 2. The Bertz CT molecular complexity index is 662. The van der Waals surface area contributed by atoms with Crippen LogP contribution in [0.1, 0.15) is 50.4 Å². The van der Waals surface area contributed by atoms with Crippen LogP contribution in [0.3, 0.4) is 0 Å². The molecule has 1 aromatic carbocycles. The number of hydrogen-bond donors (Lipinski definition) is 2. The molecule has 5 nitrogen and oxygen atoms in total. The third-order valence-electron chi connectivity index (χ3n) is 3.14. The van der Waals surface area contributed by atoms with Crippen LogP contribution in [0.5, 0.6) is 0 Å². The standard InChI is InChI=1S/C16H18N2O3S/c1-10(2)15-18-9-13(22-15)14(19)17-8-7-11-3-5-12(6-4-11)16(20)21/h3-6,9-10H,7-8H2,1-2H3,(H,17,19)(H,20,21). The number of carboxylic acid groups (broad SMARTS) is 1. The quantitative estimate of drug-likeness (QED) is 0.858. The number of rotatable bonds is 6. The average molecular weight is 318 g/mol. The van der Waals surface area contributed by atoms with Crippen LogP contribution >= 0.6 is 11.3 Å². The largest absolute Gasteiger partial charge is 0.478 e. The molecule has 0 aliphatic heterocycles. The average Bonchev–Trinajstić information content (AvgIpc) is 2.98. The number of hydrogen-bond acceptors (Lipinski definition) is 4. The molecule has 1 heterocycles. The maximum Gasteiger partial charge on any atom is 0.335 e. The first-order chi connectivity index (χ1) is 10.5. The molecule has 0 saturated carbocycles. The van der Waals surface area contributed by atoms with E-state index in [9.17, 15) is 9.59 Å². The van der Waals surface area contributed by atoms with Crippen molar-refractivity contribution < 1.29 is 14.7 Å². The fourth-order valence-corrected chi connectivity index (χ4v) is 2.72. The molecule has 0 saturated heterocycles. The van der Waals surface area contributed by atoms with Gasteiger partial charge < -0.3 is 10.4 Å². The van der Waals surface area contributed by atoms with Gasteiger partial charge in [0.05, 0.1) is 16.8 Å². The number of thiazole rings is 1. The van der Waals surface area contributed by atoms with Crippen LogP contribution in [0.4, 0.5) is 0 Å². The van der Waals surface area contributed by atoms with Crippen molar-refractivity contribution in [3.63, 3.8) is 0 Å². The van der Waals surface area contributed by atoms with E-state index in [0.29, 0.717) is 23.8 Å². The maximum atomic E-state index is 12.0. The summed E-state index contributed by atoms with van der Waals surface area (Å²) in [6, 6.07) is 6.66. The van der Waals surface area contributed by atoms with Crippen LogP contribution in [0.2, 0.25) is 0 Å². The van der Waals surface area contributed by atoms with Crippen molar-refractivity contribution >= 4 is 23.2 Å². The van der Waals surface area contributed by atoms with E-state index >= 15 is 0 Å². The summed E-state index contributed by atoms with van der Waals surface area (Å²) in [5, 5.41) is 12.6. The maximum absolute atomic E-state index is 12.0. The van der Waals surface area contributed by atoms with Gasteiger partial charge in [0, 0.05) is 12.5 Å². The van der Waals surface area contributed by atoms with Crippen LogP contribution in [0.15, 0.2) is 30.5 Å². The van der Waals surface area contributed by atoms with E-state index in [2.05, 4.69) is 10.3 Å². The summed E-state index contributed by atoms with van der Waals surface area (Å²) in [7, 11) is 0.